The Morgan fingerprint density at radius 1 is 1.38 bits per heavy atom. The molecule has 5 heteroatoms. The number of thioether (sulfide) groups is 1. The molecule has 0 N–H and O–H groups in total. The zero-order chi connectivity index (χ0) is 11.4. The SMILES string of the molecule is CC(I)n1nncc1SCc1ccccc1. The Morgan fingerprint density at radius 2 is 2.12 bits per heavy atom. The second-order valence-electron chi connectivity index (χ2n) is 3.37. The number of alkyl halides is 1. The van der Waals surface area contributed by atoms with Gasteiger partial charge in [-0.25, -0.2) is 4.68 Å². The lowest BCUT2D eigenvalue weighted by atomic mass is 10.2. The molecule has 1 unspecified atom stereocenters. The van der Waals surface area contributed by atoms with Crippen LogP contribution in [0, 0.1) is 0 Å². The van der Waals surface area contributed by atoms with Crippen LogP contribution in [0.4, 0.5) is 0 Å². The number of rotatable bonds is 4. The Labute approximate surface area is 113 Å². The van der Waals surface area contributed by atoms with Crippen molar-refractivity contribution in [2.24, 2.45) is 0 Å². The fraction of sp³-hybridized carbons (Fsp3) is 0.273. The van der Waals surface area contributed by atoms with Crippen LogP contribution in [0.15, 0.2) is 41.6 Å². The van der Waals surface area contributed by atoms with E-state index in [1.807, 2.05) is 16.9 Å². The van der Waals surface area contributed by atoms with Gasteiger partial charge >= 0.3 is 0 Å². The summed E-state index contributed by atoms with van der Waals surface area (Å²) in [6.45, 7) is 2.10. The van der Waals surface area contributed by atoms with Crippen molar-refractivity contribution in [3.63, 3.8) is 0 Å². The molecule has 0 fully saturated rings. The summed E-state index contributed by atoms with van der Waals surface area (Å²) >= 11 is 4.10. The molecule has 0 saturated carbocycles. The zero-order valence-corrected chi connectivity index (χ0v) is 11.9. The average Bonchev–Trinajstić information content (AvgIpc) is 2.76. The van der Waals surface area contributed by atoms with Crippen molar-refractivity contribution in [1.29, 1.82) is 0 Å². The zero-order valence-electron chi connectivity index (χ0n) is 8.88. The van der Waals surface area contributed by atoms with Crippen LogP contribution in [-0.4, -0.2) is 15.0 Å². The van der Waals surface area contributed by atoms with Gasteiger partial charge in [0, 0.05) is 5.75 Å². The van der Waals surface area contributed by atoms with E-state index >= 15 is 0 Å². The largest absolute Gasteiger partial charge is 0.226 e. The summed E-state index contributed by atoms with van der Waals surface area (Å²) in [4.78, 5) is 0. The van der Waals surface area contributed by atoms with Gasteiger partial charge in [-0.3, -0.25) is 0 Å². The Bertz CT molecular complexity index is 442. The van der Waals surface area contributed by atoms with Crippen molar-refractivity contribution < 1.29 is 0 Å². The fourth-order valence-electron chi connectivity index (χ4n) is 1.32. The van der Waals surface area contributed by atoms with E-state index in [1.54, 1.807) is 11.8 Å². The first-order valence-electron chi connectivity index (χ1n) is 4.98. The Morgan fingerprint density at radius 3 is 2.81 bits per heavy atom. The molecule has 0 amide bonds. The predicted molar refractivity (Wildman–Crippen MR) is 74.8 cm³/mol. The van der Waals surface area contributed by atoms with Crippen LogP contribution in [0.25, 0.3) is 0 Å². The monoisotopic (exact) mass is 345 g/mol. The summed E-state index contributed by atoms with van der Waals surface area (Å²) in [5.41, 5.74) is 1.32. The number of halogens is 1. The summed E-state index contributed by atoms with van der Waals surface area (Å²) < 4.78 is 2.27. The molecule has 1 aromatic carbocycles. The summed E-state index contributed by atoms with van der Waals surface area (Å²) in [6.07, 6.45) is 1.82. The molecule has 16 heavy (non-hydrogen) atoms. The molecule has 0 saturated heterocycles. The molecule has 0 aliphatic carbocycles. The molecule has 0 aliphatic heterocycles. The van der Waals surface area contributed by atoms with Gasteiger partial charge in [-0.15, -0.1) is 16.9 Å². The number of hydrogen-bond acceptors (Lipinski definition) is 3. The normalized spacial score (nSPS) is 12.6. The van der Waals surface area contributed by atoms with Gasteiger partial charge in [-0.2, -0.15) is 0 Å². The number of aromatic nitrogens is 3. The molecule has 2 rings (SSSR count). The summed E-state index contributed by atoms with van der Waals surface area (Å²) in [6, 6.07) is 10.4. The van der Waals surface area contributed by atoms with Crippen LogP contribution in [0.3, 0.4) is 0 Å². The molecule has 2 aromatic rings. The van der Waals surface area contributed by atoms with Gasteiger partial charge in [0.2, 0.25) is 0 Å². The minimum absolute atomic E-state index is 0.332. The maximum Gasteiger partial charge on any atom is 0.116 e. The topological polar surface area (TPSA) is 30.7 Å². The molecular weight excluding hydrogens is 333 g/mol. The molecular formula is C11H12IN3S. The van der Waals surface area contributed by atoms with E-state index in [9.17, 15) is 0 Å². The molecule has 0 radical (unpaired) electrons. The predicted octanol–water partition coefficient (Wildman–Crippen LogP) is 3.52. The molecule has 0 aliphatic rings. The molecule has 0 bridgehead atoms. The van der Waals surface area contributed by atoms with E-state index in [1.165, 1.54) is 5.56 Å². The van der Waals surface area contributed by atoms with Crippen molar-refractivity contribution in [2.45, 2.75) is 21.8 Å². The van der Waals surface area contributed by atoms with Crippen LogP contribution in [0.2, 0.25) is 0 Å². The average molecular weight is 345 g/mol. The van der Waals surface area contributed by atoms with Crippen molar-refractivity contribution in [1.82, 2.24) is 15.0 Å². The number of benzene rings is 1. The third-order valence-electron chi connectivity index (χ3n) is 2.11. The maximum atomic E-state index is 4.07. The lowest BCUT2D eigenvalue weighted by Gasteiger charge is -2.07. The molecule has 0 spiro atoms. The lowest BCUT2D eigenvalue weighted by Crippen LogP contribution is -2.01. The summed E-state index contributed by atoms with van der Waals surface area (Å²) in [7, 11) is 0. The third-order valence-corrected chi connectivity index (χ3v) is 3.70. The second kappa shape index (κ2) is 5.67. The Balaban J connectivity index is 2.02. The molecule has 1 atom stereocenters. The van der Waals surface area contributed by atoms with Gasteiger partial charge in [-0.05, 0) is 12.5 Å². The molecule has 1 heterocycles. The van der Waals surface area contributed by atoms with E-state index < -0.39 is 0 Å². The van der Waals surface area contributed by atoms with Gasteiger partial charge < -0.3 is 0 Å². The van der Waals surface area contributed by atoms with E-state index in [4.69, 9.17) is 0 Å². The van der Waals surface area contributed by atoms with Gasteiger partial charge in [-0.1, -0.05) is 58.1 Å². The van der Waals surface area contributed by atoms with Gasteiger partial charge in [0.15, 0.2) is 0 Å². The Kier molecular flexibility index (Phi) is 4.22. The lowest BCUT2D eigenvalue weighted by molar-refractivity contribution is 0.587. The van der Waals surface area contributed by atoms with Crippen molar-refractivity contribution in [3.8, 4) is 0 Å². The smallest absolute Gasteiger partial charge is 0.116 e. The first-order chi connectivity index (χ1) is 7.77. The van der Waals surface area contributed by atoms with Crippen molar-refractivity contribution in [3.05, 3.63) is 42.1 Å². The Hall–Kier alpha value is -0.560. The minimum Gasteiger partial charge on any atom is -0.226 e. The number of nitrogens with zero attached hydrogens (tertiary/aromatic N) is 3. The maximum absolute atomic E-state index is 4.07. The number of hydrogen-bond donors (Lipinski definition) is 0. The van der Waals surface area contributed by atoms with Crippen molar-refractivity contribution >= 4 is 34.4 Å². The fourth-order valence-corrected chi connectivity index (χ4v) is 2.87. The highest BCUT2D eigenvalue weighted by Crippen LogP contribution is 2.25. The standard InChI is InChI=1S/C11H12IN3S/c1-9(12)15-11(7-13-14-15)16-8-10-5-3-2-4-6-10/h2-7,9H,8H2,1H3. The van der Waals surface area contributed by atoms with Crippen LogP contribution in [0.5, 0.6) is 0 Å². The van der Waals surface area contributed by atoms with Crippen molar-refractivity contribution in [2.75, 3.05) is 0 Å². The van der Waals surface area contributed by atoms with E-state index in [-0.39, 0.29) is 0 Å². The summed E-state index contributed by atoms with van der Waals surface area (Å²) in [5.74, 6) is 0.956. The minimum atomic E-state index is 0.332. The van der Waals surface area contributed by atoms with E-state index in [0.29, 0.717) is 4.05 Å². The first kappa shape index (κ1) is 11.9. The van der Waals surface area contributed by atoms with Crippen LogP contribution in [0.1, 0.15) is 16.5 Å². The van der Waals surface area contributed by atoms with E-state index in [2.05, 4.69) is 64.1 Å². The van der Waals surface area contributed by atoms with Crippen LogP contribution in [-0.2, 0) is 5.75 Å². The third kappa shape index (κ3) is 2.98. The molecule has 1 aromatic heterocycles. The van der Waals surface area contributed by atoms with Gasteiger partial charge in [0.1, 0.15) is 9.07 Å². The quantitative estimate of drug-likeness (QED) is 0.483. The summed E-state index contributed by atoms with van der Waals surface area (Å²) in [5, 5.41) is 9.13. The highest BCUT2D eigenvalue weighted by Gasteiger charge is 2.08. The van der Waals surface area contributed by atoms with Gasteiger partial charge in [0.05, 0.1) is 6.20 Å². The molecule has 3 nitrogen and oxygen atoms in total. The van der Waals surface area contributed by atoms with Crippen LogP contribution >= 0.6 is 34.4 Å². The van der Waals surface area contributed by atoms with Gasteiger partial charge in [0.25, 0.3) is 0 Å². The van der Waals surface area contributed by atoms with Crippen LogP contribution < -0.4 is 0 Å². The highest BCUT2D eigenvalue weighted by molar-refractivity contribution is 14.1. The van der Waals surface area contributed by atoms with E-state index in [0.717, 1.165) is 10.8 Å². The second-order valence-corrected chi connectivity index (χ2v) is 6.16. The first-order valence-corrected chi connectivity index (χ1v) is 7.21. The molecule has 84 valence electrons. The highest BCUT2D eigenvalue weighted by atomic mass is 127.